The Balaban J connectivity index is 1.96. The van der Waals surface area contributed by atoms with Crippen molar-refractivity contribution in [3.05, 3.63) is 40.7 Å². The van der Waals surface area contributed by atoms with Crippen LogP contribution in [-0.2, 0) is 0 Å². The summed E-state index contributed by atoms with van der Waals surface area (Å²) >= 11 is 6.03. The largest absolute Gasteiger partial charge is 0.383 e. The van der Waals surface area contributed by atoms with Gasteiger partial charge in [-0.15, -0.1) is 0 Å². The van der Waals surface area contributed by atoms with Crippen LogP contribution in [0.25, 0.3) is 0 Å². The molecule has 1 aromatic rings. The SMILES string of the molecule is CC1=CC(C)CC(CNc2cc(F)ccc2Cl)C1. The fourth-order valence-electron chi connectivity index (χ4n) is 2.73. The molecule has 1 aliphatic rings. The van der Waals surface area contributed by atoms with E-state index in [0.29, 0.717) is 22.5 Å². The maximum atomic E-state index is 13.1. The third kappa shape index (κ3) is 3.49. The van der Waals surface area contributed by atoms with Crippen molar-refractivity contribution in [1.29, 1.82) is 0 Å². The molecule has 0 fully saturated rings. The zero-order chi connectivity index (χ0) is 13.1. The van der Waals surface area contributed by atoms with E-state index in [2.05, 4.69) is 25.2 Å². The average Bonchev–Trinajstić information content (AvgIpc) is 2.29. The van der Waals surface area contributed by atoms with Gasteiger partial charge in [-0.25, -0.2) is 4.39 Å². The molecule has 0 saturated heterocycles. The Morgan fingerprint density at radius 1 is 1.44 bits per heavy atom. The minimum absolute atomic E-state index is 0.255. The van der Waals surface area contributed by atoms with Crippen molar-refractivity contribution < 1.29 is 4.39 Å². The minimum Gasteiger partial charge on any atom is -0.383 e. The Kier molecular flexibility index (Phi) is 4.28. The maximum absolute atomic E-state index is 13.1. The molecule has 0 saturated carbocycles. The third-order valence-electron chi connectivity index (χ3n) is 3.39. The zero-order valence-electron chi connectivity index (χ0n) is 10.8. The quantitative estimate of drug-likeness (QED) is 0.770. The lowest BCUT2D eigenvalue weighted by molar-refractivity contribution is 0.421. The third-order valence-corrected chi connectivity index (χ3v) is 3.72. The summed E-state index contributed by atoms with van der Waals surface area (Å²) in [5.74, 6) is 0.979. The van der Waals surface area contributed by atoms with Crippen molar-refractivity contribution >= 4 is 17.3 Å². The standard InChI is InChI=1S/C15H19ClFN/c1-10-5-11(2)7-12(6-10)9-18-15-8-13(17)3-4-14(15)16/h3-5,8,10,12,18H,6-7,9H2,1-2H3. The summed E-state index contributed by atoms with van der Waals surface area (Å²) in [7, 11) is 0. The molecule has 1 aliphatic carbocycles. The highest BCUT2D eigenvalue weighted by atomic mass is 35.5. The smallest absolute Gasteiger partial charge is 0.125 e. The molecule has 2 atom stereocenters. The molecule has 1 aromatic carbocycles. The van der Waals surface area contributed by atoms with E-state index in [4.69, 9.17) is 11.6 Å². The molecule has 3 heteroatoms. The molecule has 1 N–H and O–H groups in total. The Hall–Kier alpha value is -1.02. The van der Waals surface area contributed by atoms with Gasteiger partial charge < -0.3 is 5.32 Å². The Labute approximate surface area is 113 Å². The Bertz CT molecular complexity index is 456. The number of halogens is 2. The van der Waals surface area contributed by atoms with Crippen LogP contribution in [0.4, 0.5) is 10.1 Å². The summed E-state index contributed by atoms with van der Waals surface area (Å²) in [6, 6.07) is 4.42. The van der Waals surface area contributed by atoms with Crippen LogP contribution < -0.4 is 5.32 Å². The zero-order valence-corrected chi connectivity index (χ0v) is 11.6. The molecule has 18 heavy (non-hydrogen) atoms. The van der Waals surface area contributed by atoms with Crippen LogP contribution in [0.1, 0.15) is 26.7 Å². The van der Waals surface area contributed by atoms with E-state index in [0.717, 1.165) is 13.0 Å². The molecule has 0 heterocycles. The Morgan fingerprint density at radius 2 is 2.22 bits per heavy atom. The maximum Gasteiger partial charge on any atom is 0.125 e. The molecular formula is C15H19ClFN. The van der Waals surface area contributed by atoms with Gasteiger partial charge in [0, 0.05) is 6.54 Å². The van der Waals surface area contributed by atoms with Gasteiger partial charge in [-0.05, 0) is 49.8 Å². The van der Waals surface area contributed by atoms with Gasteiger partial charge in [-0.2, -0.15) is 0 Å². The lowest BCUT2D eigenvalue weighted by atomic mass is 9.84. The van der Waals surface area contributed by atoms with Crippen LogP contribution in [0.2, 0.25) is 5.02 Å². The van der Waals surface area contributed by atoms with E-state index in [1.54, 1.807) is 6.07 Å². The van der Waals surface area contributed by atoms with E-state index in [9.17, 15) is 4.39 Å². The topological polar surface area (TPSA) is 12.0 Å². The first-order chi connectivity index (χ1) is 8.54. The number of anilines is 1. The number of nitrogens with one attached hydrogen (secondary N) is 1. The van der Waals surface area contributed by atoms with Crippen LogP contribution in [-0.4, -0.2) is 6.54 Å². The summed E-state index contributed by atoms with van der Waals surface area (Å²) in [5.41, 5.74) is 2.14. The number of hydrogen-bond donors (Lipinski definition) is 1. The monoisotopic (exact) mass is 267 g/mol. The molecule has 2 unspecified atom stereocenters. The normalized spacial score (nSPS) is 23.7. The number of hydrogen-bond acceptors (Lipinski definition) is 1. The van der Waals surface area contributed by atoms with Crippen LogP contribution in [0.5, 0.6) is 0 Å². The second-order valence-electron chi connectivity index (χ2n) is 5.30. The second-order valence-corrected chi connectivity index (χ2v) is 5.71. The predicted octanol–water partition coefficient (Wildman–Crippen LogP) is 4.88. The van der Waals surface area contributed by atoms with Crippen molar-refractivity contribution in [2.75, 3.05) is 11.9 Å². The van der Waals surface area contributed by atoms with Crippen molar-refractivity contribution in [3.63, 3.8) is 0 Å². The fourth-order valence-corrected chi connectivity index (χ4v) is 2.91. The summed E-state index contributed by atoms with van der Waals surface area (Å²) < 4.78 is 13.1. The van der Waals surface area contributed by atoms with Gasteiger partial charge >= 0.3 is 0 Å². The molecule has 2 rings (SSSR count). The summed E-state index contributed by atoms with van der Waals surface area (Å²) in [4.78, 5) is 0. The molecule has 1 nitrogen and oxygen atoms in total. The summed E-state index contributed by atoms with van der Waals surface area (Å²) in [5, 5.41) is 3.84. The minimum atomic E-state index is -0.255. The first-order valence-corrected chi connectivity index (χ1v) is 6.78. The van der Waals surface area contributed by atoms with Crippen molar-refractivity contribution in [2.45, 2.75) is 26.7 Å². The van der Waals surface area contributed by atoms with E-state index >= 15 is 0 Å². The van der Waals surface area contributed by atoms with Gasteiger partial charge in [0.05, 0.1) is 10.7 Å². The molecule has 98 valence electrons. The van der Waals surface area contributed by atoms with Crippen LogP contribution in [0.3, 0.4) is 0 Å². The predicted molar refractivity (Wildman–Crippen MR) is 75.5 cm³/mol. The first kappa shape index (κ1) is 13.4. The van der Waals surface area contributed by atoms with Gasteiger partial charge in [0.1, 0.15) is 5.82 Å². The molecule has 0 aliphatic heterocycles. The van der Waals surface area contributed by atoms with Crippen LogP contribution in [0.15, 0.2) is 29.8 Å². The van der Waals surface area contributed by atoms with Gasteiger partial charge in [0.15, 0.2) is 0 Å². The highest BCUT2D eigenvalue weighted by Crippen LogP contribution is 2.29. The lowest BCUT2D eigenvalue weighted by Gasteiger charge is -2.26. The molecule has 0 bridgehead atoms. The second kappa shape index (κ2) is 5.75. The number of rotatable bonds is 3. The van der Waals surface area contributed by atoms with Gasteiger partial charge in [-0.3, -0.25) is 0 Å². The summed E-state index contributed by atoms with van der Waals surface area (Å²) in [6.07, 6.45) is 4.63. The van der Waals surface area contributed by atoms with E-state index in [1.807, 2.05) is 0 Å². The van der Waals surface area contributed by atoms with Crippen molar-refractivity contribution in [2.24, 2.45) is 11.8 Å². The van der Waals surface area contributed by atoms with E-state index in [-0.39, 0.29) is 5.82 Å². The molecule has 0 amide bonds. The van der Waals surface area contributed by atoms with Crippen LogP contribution in [0, 0.1) is 17.7 Å². The highest BCUT2D eigenvalue weighted by Gasteiger charge is 2.18. The van der Waals surface area contributed by atoms with Crippen molar-refractivity contribution in [3.8, 4) is 0 Å². The molecule has 0 radical (unpaired) electrons. The average molecular weight is 268 g/mol. The molecular weight excluding hydrogens is 249 g/mol. The number of allylic oxidation sites excluding steroid dienone is 2. The Morgan fingerprint density at radius 3 is 2.94 bits per heavy atom. The van der Waals surface area contributed by atoms with Gasteiger partial charge in [0.25, 0.3) is 0 Å². The molecule has 0 aromatic heterocycles. The van der Waals surface area contributed by atoms with Crippen molar-refractivity contribution in [1.82, 2.24) is 0 Å². The van der Waals surface area contributed by atoms with E-state index < -0.39 is 0 Å². The van der Waals surface area contributed by atoms with E-state index in [1.165, 1.54) is 24.1 Å². The molecule has 0 spiro atoms. The van der Waals surface area contributed by atoms with Crippen LogP contribution >= 0.6 is 11.6 Å². The van der Waals surface area contributed by atoms with Gasteiger partial charge in [-0.1, -0.05) is 30.2 Å². The van der Waals surface area contributed by atoms with Gasteiger partial charge in [0.2, 0.25) is 0 Å². The summed E-state index contributed by atoms with van der Waals surface area (Å²) in [6.45, 7) is 5.27. The fraction of sp³-hybridized carbons (Fsp3) is 0.467. The number of benzene rings is 1. The highest BCUT2D eigenvalue weighted by molar-refractivity contribution is 6.33. The first-order valence-electron chi connectivity index (χ1n) is 6.41. The lowest BCUT2D eigenvalue weighted by Crippen LogP contribution is -2.20.